The maximum Gasteiger partial charge on any atom is 0.408 e. The fourth-order valence-electron chi connectivity index (χ4n) is 6.17. The van der Waals surface area contributed by atoms with Crippen LogP contribution in [-0.4, -0.2) is 122 Å². The highest BCUT2D eigenvalue weighted by atomic mass is 16.7. The number of nitrogens with one attached hydrogen (secondary N) is 1. The van der Waals surface area contributed by atoms with Crippen LogP contribution in [0.5, 0.6) is 0 Å². The Labute approximate surface area is 291 Å². The molecule has 0 aromatic rings. The quantitative estimate of drug-likeness (QED) is 0.152. The first-order chi connectivity index (χ1) is 22.4. The van der Waals surface area contributed by atoms with Gasteiger partial charge in [0.2, 0.25) is 0 Å². The molecule has 0 bridgehead atoms. The monoisotopic (exact) mass is 705 g/mol. The summed E-state index contributed by atoms with van der Waals surface area (Å²) in [5.41, 5.74) is 3.81. The van der Waals surface area contributed by atoms with Crippen LogP contribution in [-0.2, 0) is 38.0 Å². The molecule has 5 N–H and O–H groups in total. The number of cyclic esters (lactones) is 1. The molecule has 0 aromatic carbocycles. The number of primary amides is 1. The maximum atomic E-state index is 13.1. The summed E-state index contributed by atoms with van der Waals surface area (Å²) < 4.78 is 32.7. The van der Waals surface area contributed by atoms with Crippen molar-refractivity contribution in [2.24, 2.45) is 29.4 Å². The van der Waals surface area contributed by atoms with Crippen LogP contribution in [0.3, 0.4) is 0 Å². The van der Waals surface area contributed by atoms with Crippen LogP contribution in [0.2, 0.25) is 0 Å². The lowest BCUT2D eigenvalue weighted by atomic mass is 9.81. The Hall–Kier alpha value is -2.56. The summed E-state index contributed by atoms with van der Waals surface area (Å²) in [5.74, 6) is -2.30. The molecule has 3 rings (SSSR count). The highest BCUT2D eigenvalue weighted by Gasteiger charge is 2.51. The van der Waals surface area contributed by atoms with Crippen LogP contribution in [0.15, 0.2) is 0 Å². The van der Waals surface area contributed by atoms with Gasteiger partial charge in [0.05, 0.1) is 43.5 Å². The molecule has 286 valence electrons. The van der Waals surface area contributed by atoms with Crippen LogP contribution in [0, 0.1) is 23.7 Å². The molecule has 3 fully saturated rings. The molecule has 2 amide bonds. The highest BCUT2D eigenvalue weighted by molar-refractivity contribution is 5.85. The zero-order chi connectivity index (χ0) is 36.3. The number of hydrogen-bond donors (Lipinski definition) is 4. The smallest absolute Gasteiger partial charge is 0.408 e. The van der Waals surface area contributed by atoms with E-state index >= 15 is 0 Å². The largest absolute Gasteiger partial charge is 0.461 e. The number of Topliss-reactive ketones (excluding diaryl/α,β-unsaturated/α-hetero) is 1. The van der Waals surface area contributed by atoms with Gasteiger partial charge in [-0.25, -0.2) is 9.59 Å². The van der Waals surface area contributed by atoms with E-state index in [-0.39, 0.29) is 44.7 Å². The summed E-state index contributed by atoms with van der Waals surface area (Å²) in [6.45, 7) is 12.6. The minimum Gasteiger partial charge on any atom is -0.461 e. The third-order valence-electron chi connectivity index (χ3n) is 9.67. The number of aliphatic hydroxyl groups excluding tert-OH is 2. The van der Waals surface area contributed by atoms with E-state index in [0.29, 0.717) is 25.5 Å². The van der Waals surface area contributed by atoms with Gasteiger partial charge in [-0.1, -0.05) is 35.1 Å². The molecule has 3 aliphatic heterocycles. The van der Waals surface area contributed by atoms with Gasteiger partial charge in [0, 0.05) is 37.1 Å². The van der Waals surface area contributed by atoms with Crippen molar-refractivity contribution in [3.05, 3.63) is 0 Å². The van der Waals surface area contributed by atoms with Gasteiger partial charge < -0.3 is 54.6 Å². The number of amides is 2. The molecule has 15 heteroatoms. The average molecular weight is 706 g/mol. The second-order valence-electron chi connectivity index (χ2n) is 13.8. The van der Waals surface area contributed by atoms with Gasteiger partial charge >= 0.3 is 18.2 Å². The molecule has 0 aliphatic carbocycles. The molecule has 3 heterocycles. The van der Waals surface area contributed by atoms with Gasteiger partial charge in [0.25, 0.3) is 0 Å². The molecular weight excluding hydrogens is 642 g/mol. The first-order valence-electron chi connectivity index (χ1n) is 17.0. The van der Waals surface area contributed by atoms with Gasteiger partial charge in [-0.3, -0.25) is 9.59 Å². The summed E-state index contributed by atoms with van der Waals surface area (Å²) in [4.78, 5) is 51.2. The number of nitrogens with two attached hydrogens (primary N) is 1. The second kappa shape index (κ2) is 20.3. The van der Waals surface area contributed by atoms with E-state index in [1.165, 1.54) is 0 Å². The van der Waals surface area contributed by atoms with Crippen molar-refractivity contribution in [3.63, 3.8) is 0 Å². The number of ether oxygens (including phenoxy) is 6. The molecule has 7 unspecified atom stereocenters. The number of ketones is 1. The van der Waals surface area contributed by atoms with Crippen molar-refractivity contribution in [1.29, 1.82) is 0 Å². The van der Waals surface area contributed by atoms with Crippen molar-refractivity contribution >= 4 is 23.9 Å². The predicted octanol–water partition coefficient (Wildman–Crippen LogP) is 2.97. The molecule has 3 aliphatic rings. The number of esters is 1. The van der Waals surface area contributed by atoms with E-state index in [1.54, 1.807) is 27.7 Å². The molecule has 12 atom stereocenters. The zero-order valence-electron chi connectivity index (χ0n) is 30.0. The third kappa shape index (κ3) is 13.3. The fraction of sp³-hybridized carbons (Fsp3) is 0.882. The number of hydrogen-bond acceptors (Lipinski definition) is 13. The topological polar surface area (TPSA) is 205 Å². The highest BCUT2D eigenvalue weighted by Crippen LogP contribution is 2.32. The van der Waals surface area contributed by atoms with Gasteiger partial charge in [-0.05, 0) is 53.6 Å². The van der Waals surface area contributed by atoms with E-state index in [9.17, 15) is 24.3 Å². The molecule has 0 spiro atoms. The predicted molar refractivity (Wildman–Crippen MR) is 180 cm³/mol. The molecular formula is C34H63N3O12. The Kier molecular flexibility index (Phi) is 18.4. The standard InChI is InChI=1S/C26H44N2O10.C7H15NO2.CH4/c1-8-13(2)20(29)16(5)22-26(7,38-25(33)28-22)12-35-23(31)15(4)18(9-10-34-24(27)32)37-19-11-14(3)21(30)17(6)36-19;1-8(2)6-3-4-10-7(9)5-6;/h13-19,21-22,30H,8-12H2,1-7H3,(H2,27,32)(H,28,33);6-7,9H,3-5H2,1-2H3;1H4/t13-,14?,15?,16?,17?,18+,19+,21-,22?,26-;;/m1../s1. The number of nitrogens with zero attached hydrogens (tertiary/aromatic N) is 1. The van der Waals surface area contributed by atoms with E-state index in [2.05, 4.69) is 10.2 Å². The Morgan fingerprint density at radius 2 is 1.78 bits per heavy atom. The Bertz CT molecular complexity index is 1050. The van der Waals surface area contributed by atoms with E-state index in [1.807, 2.05) is 34.9 Å². The lowest BCUT2D eigenvalue weighted by Gasteiger charge is -2.38. The van der Waals surface area contributed by atoms with Crippen LogP contribution < -0.4 is 11.1 Å². The van der Waals surface area contributed by atoms with Crippen LogP contribution in [0.4, 0.5) is 9.59 Å². The molecule has 0 saturated carbocycles. The summed E-state index contributed by atoms with van der Waals surface area (Å²) in [5, 5.41) is 21.9. The summed E-state index contributed by atoms with van der Waals surface area (Å²) in [7, 11) is 4.06. The van der Waals surface area contributed by atoms with E-state index in [4.69, 9.17) is 39.3 Å². The van der Waals surface area contributed by atoms with Crippen LogP contribution >= 0.6 is 0 Å². The minimum absolute atomic E-state index is 0. The summed E-state index contributed by atoms with van der Waals surface area (Å²) in [6.07, 6.45) is -1.75. The molecule has 49 heavy (non-hydrogen) atoms. The van der Waals surface area contributed by atoms with Crippen LogP contribution in [0.25, 0.3) is 0 Å². The molecule has 3 saturated heterocycles. The van der Waals surface area contributed by atoms with Crippen molar-refractivity contribution in [2.75, 3.05) is 33.9 Å². The Balaban J connectivity index is 0.000000931. The van der Waals surface area contributed by atoms with Gasteiger partial charge in [-0.2, -0.15) is 0 Å². The minimum atomic E-state index is -1.26. The SMILES string of the molecule is C.CC[C@@H](C)C(=O)C(C)C1NC(=O)O[C@]1(C)COC(=O)C(C)[C@H](CCOC(N)=O)O[C@H]1CC(C)[C@@H](O)C(C)O1.CN(C)C1CCOC(O)C1. The molecule has 15 nitrogen and oxygen atoms in total. The van der Waals surface area contributed by atoms with Crippen molar-refractivity contribution in [3.8, 4) is 0 Å². The fourth-order valence-corrected chi connectivity index (χ4v) is 6.17. The number of carbonyl (C=O) groups is 4. The Morgan fingerprint density at radius 1 is 1.12 bits per heavy atom. The summed E-state index contributed by atoms with van der Waals surface area (Å²) in [6, 6.07) is -0.190. The second-order valence-corrected chi connectivity index (χ2v) is 13.8. The number of aliphatic hydroxyl groups is 2. The van der Waals surface area contributed by atoms with E-state index < -0.39 is 72.5 Å². The molecule has 0 radical (unpaired) electrons. The normalized spacial score (nSPS) is 32.2. The average Bonchev–Trinajstić information content (AvgIpc) is 3.34. The van der Waals surface area contributed by atoms with Crippen LogP contribution in [0.1, 0.15) is 88.0 Å². The van der Waals surface area contributed by atoms with Crippen molar-refractivity contribution in [1.82, 2.24) is 10.2 Å². The van der Waals surface area contributed by atoms with Crippen molar-refractivity contribution in [2.45, 2.75) is 137 Å². The van der Waals surface area contributed by atoms with Crippen molar-refractivity contribution < 1.29 is 57.8 Å². The number of rotatable bonds is 14. The van der Waals surface area contributed by atoms with E-state index in [0.717, 1.165) is 12.8 Å². The third-order valence-corrected chi connectivity index (χ3v) is 9.67. The number of carbonyl (C=O) groups excluding carboxylic acids is 4. The lowest BCUT2D eigenvalue weighted by Crippen LogP contribution is -2.52. The molecule has 0 aromatic heterocycles. The van der Waals surface area contributed by atoms with Gasteiger partial charge in [0.1, 0.15) is 12.4 Å². The zero-order valence-corrected chi connectivity index (χ0v) is 30.0. The maximum absolute atomic E-state index is 13.1. The lowest BCUT2D eigenvalue weighted by molar-refractivity contribution is -0.255. The van der Waals surface area contributed by atoms with Gasteiger partial charge in [-0.15, -0.1) is 0 Å². The Morgan fingerprint density at radius 3 is 2.31 bits per heavy atom. The first-order valence-corrected chi connectivity index (χ1v) is 17.0. The number of alkyl carbamates (subject to hydrolysis) is 1. The van der Waals surface area contributed by atoms with Gasteiger partial charge in [0.15, 0.2) is 18.2 Å². The first kappa shape index (κ1) is 44.5. The summed E-state index contributed by atoms with van der Waals surface area (Å²) >= 11 is 0.